The number of hydrogen-bond donors (Lipinski definition) is 1. The second kappa shape index (κ2) is 8.11. The molecule has 1 amide bonds. The van der Waals surface area contributed by atoms with Crippen LogP contribution in [0.2, 0.25) is 0 Å². The largest absolute Gasteiger partial charge is 0.461 e. The third-order valence-corrected chi connectivity index (χ3v) is 6.83. The normalized spacial score (nSPS) is 19.2. The zero-order chi connectivity index (χ0) is 20.5. The Morgan fingerprint density at radius 3 is 2.60 bits per heavy atom. The Balaban J connectivity index is 1.35. The molecule has 30 heavy (non-hydrogen) atoms. The molecule has 3 aliphatic rings. The van der Waals surface area contributed by atoms with E-state index in [-0.39, 0.29) is 5.91 Å². The van der Waals surface area contributed by atoms with Crippen molar-refractivity contribution in [2.75, 3.05) is 50.7 Å². The molecule has 7 nitrogen and oxygen atoms in total. The first kappa shape index (κ1) is 19.1. The van der Waals surface area contributed by atoms with E-state index < -0.39 is 0 Å². The number of rotatable bonds is 4. The first-order chi connectivity index (χ1) is 14.7. The highest BCUT2D eigenvalue weighted by atomic mass is 16.3. The van der Waals surface area contributed by atoms with Crippen molar-refractivity contribution in [3.8, 4) is 17.5 Å². The maximum atomic E-state index is 12.5. The van der Waals surface area contributed by atoms with E-state index in [0.717, 1.165) is 94.2 Å². The van der Waals surface area contributed by atoms with Gasteiger partial charge in [0.25, 0.3) is 11.7 Å². The molecule has 2 N–H and O–H groups in total. The monoisotopic (exact) mass is 407 g/mol. The second-order valence-electron chi connectivity index (χ2n) is 8.63. The van der Waals surface area contributed by atoms with E-state index in [1.807, 2.05) is 17.0 Å². The van der Waals surface area contributed by atoms with Crippen molar-refractivity contribution in [1.29, 1.82) is 5.26 Å². The minimum Gasteiger partial charge on any atom is -0.461 e. The number of piperazine rings is 1. The Hall–Kier alpha value is -2.85. The van der Waals surface area contributed by atoms with Crippen molar-refractivity contribution >= 4 is 11.7 Å². The summed E-state index contributed by atoms with van der Waals surface area (Å²) >= 11 is 0. The lowest BCUT2D eigenvalue weighted by Crippen LogP contribution is -3.16. The fraction of sp³-hybridized carbons (Fsp3) is 0.522. The molecule has 0 spiro atoms. The SMILES string of the molecule is N#Cc1c(N2CC[NH+](CC(=O)N3CCCC3)CC2)[nH+]c(-c2ccco2)c2c1CCC2. The summed E-state index contributed by atoms with van der Waals surface area (Å²) in [5.74, 6) is 2.03. The number of nitrogens with one attached hydrogen (secondary N) is 2. The average Bonchev–Trinajstić information content (AvgIpc) is 3.55. The first-order valence-corrected chi connectivity index (χ1v) is 11.2. The molecule has 0 saturated carbocycles. The summed E-state index contributed by atoms with van der Waals surface area (Å²) in [6.07, 6.45) is 6.97. The molecule has 5 rings (SSSR count). The van der Waals surface area contributed by atoms with Crippen molar-refractivity contribution in [3.63, 3.8) is 0 Å². The fourth-order valence-electron chi connectivity index (χ4n) is 5.20. The van der Waals surface area contributed by atoms with Gasteiger partial charge >= 0.3 is 0 Å². The molecule has 2 saturated heterocycles. The van der Waals surface area contributed by atoms with Crippen LogP contribution < -0.4 is 14.8 Å². The number of aromatic nitrogens is 1. The molecule has 0 radical (unpaired) electrons. The van der Waals surface area contributed by atoms with Crippen LogP contribution in [0.3, 0.4) is 0 Å². The second-order valence-corrected chi connectivity index (χ2v) is 8.63. The number of carbonyl (C=O) groups excluding carboxylic acids is 1. The zero-order valence-corrected chi connectivity index (χ0v) is 17.4. The molecule has 2 aromatic heterocycles. The number of pyridine rings is 1. The van der Waals surface area contributed by atoms with Crippen molar-refractivity contribution in [2.45, 2.75) is 32.1 Å². The third kappa shape index (κ3) is 3.46. The highest BCUT2D eigenvalue weighted by molar-refractivity contribution is 5.77. The van der Waals surface area contributed by atoms with E-state index in [0.29, 0.717) is 6.54 Å². The number of anilines is 1. The average molecular weight is 408 g/mol. The standard InChI is InChI=1S/C23H27N5O2/c24-15-19-17-5-3-6-18(17)22(20-7-4-14-30-20)25-23(19)28-12-10-26(11-13-28)16-21(29)27-8-1-2-9-27/h4,7,14H,1-3,5-6,8-13,16H2/p+2. The highest BCUT2D eigenvalue weighted by Crippen LogP contribution is 2.35. The van der Waals surface area contributed by atoms with Gasteiger partial charge in [0.2, 0.25) is 0 Å². The van der Waals surface area contributed by atoms with Gasteiger partial charge in [-0.1, -0.05) is 0 Å². The summed E-state index contributed by atoms with van der Waals surface area (Å²) < 4.78 is 5.69. The molecule has 2 aliphatic heterocycles. The number of quaternary nitrogens is 1. The van der Waals surface area contributed by atoms with Crippen LogP contribution in [-0.4, -0.2) is 56.6 Å². The zero-order valence-electron chi connectivity index (χ0n) is 17.4. The third-order valence-electron chi connectivity index (χ3n) is 6.83. The number of nitrogens with zero attached hydrogens (tertiary/aromatic N) is 3. The van der Waals surface area contributed by atoms with E-state index >= 15 is 0 Å². The van der Waals surface area contributed by atoms with Crippen LogP contribution >= 0.6 is 0 Å². The Kier molecular flexibility index (Phi) is 5.17. The molecule has 0 aromatic carbocycles. The minimum atomic E-state index is 0.290. The molecule has 7 heteroatoms. The number of nitriles is 1. The van der Waals surface area contributed by atoms with Gasteiger partial charge in [0.15, 0.2) is 18.0 Å². The predicted molar refractivity (Wildman–Crippen MR) is 111 cm³/mol. The van der Waals surface area contributed by atoms with E-state index in [4.69, 9.17) is 4.42 Å². The number of H-pyrrole nitrogens is 1. The van der Waals surface area contributed by atoms with Gasteiger partial charge in [-0.15, -0.1) is 0 Å². The van der Waals surface area contributed by atoms with Gasteiger partial charge in [-0.25, -0.2) is 9.88 Å². The molecule has 2 fully saturated rings. The van der Waals surface area contributed by atoms with Gasteiger partial charge in [-0.05, 0) is 49.8 Å². The number of hydrogen-bond acceptors (Lipinski definition) is 4. The smallest absolute Gasteiger partial charge is 0.293 e. The molecular formula is C23H29N5O2+2. The lowest BCUT2D eigenvalue weighted by Gasteiger charge is -2.29. The molecule has 0 atom stereocenters. The van der Waals surface area contributed by atoms with E-state index in [9.17, 15) is 10.1 Å². The van der Waals surface area contributed by atoms with Crippen molar-refractivity contribution in [3.05, 3.63) is 35.1 Å². The van der Waals surface area contributed by atoms with Crippen molar-refractivity contribution < 1.29 is 19.1 Å². The van der Waals surface area contributed by atoms with Crippen LogP contribution in [-0.2, 0) is 17.6 Å². The maximum Gasteiger partial charge on any atom is 0.293 e. The number of fused-ring (bicyclic) bond motifs is 1. The molecule has 0 bridgehead atoms. The lowest BCUT2D eigenvalue weighted by atomic mass is 10.0. The van der Waals surface area contributed by atoms with Gasteiger partial charge in [0, 0.05) is 18.7 Å². The Bertz CT molecular complexity index is 964. The molecule has 156 valence electrons. The maximum absolute atomic E-state index is 12.5. The Morgan fingerprint density at radius 2 is 1.90 bits per heavy atom. The summed E-state index contributed by atoms with van der Waals surface area (Å²) in [4.78, 5) is 21.7. The summed E-state index contributed by atoms with van der Waals surface area (Å²) in [6, 6.07) is 6.36. The molecule has 0 unspecified atom stereocenters. The van der Waals surface area contributed by atoms with Gasteiger partial charge < -0.3 is 14.2 Å². The van der Waals surface area contributed by atoms with E-state index in [2.05, 4.69) is 16.0 Å². The van der Waals surface area contributed by atoms with Crippen LogP contribution in [0.15, 0.2) is 22.8 Å². The molecule has 4 heterocycles. The van der Waals surface area contributed by atoms with Crippen LogP contribution in [0, 0.1) is 11.3 Å². The van der Waals surface area contributed by atoms with Crippen LogP contribution in [0.5, 0.6) is 0 Å². The first-order valence-electron chi connectivity index (χ1n) is 11.2. The predicted octanol–water partition coefficient (Wildman–Crippen LogP) is 0.448. The molecule has 2 aromatic rings. The Labute approximate surface area is 176 Å². The highest BCUT2D eigenvalue weighted by Gasteiger charge is 2.35. The summed E-state index contributed by atoms with van der Waals surface area (Å²) in [6.45, 7) is 5.92. The summed E-state index contributed by atoms with van der Waals surface area (Å²) in [5, 5.41) is 9.95. The summed E-state index contributed by atoms with van der Waals surface area (Å²) in [7, 11) is 0. The lowest BCUT2D eigenvalue weighted by molar-refractivity contribution is -0.892. The van der Waals surface area contributed by atoms with E-state index in [1.54, 1.807) is 6.26 Å². The van der Waals surface area contributed by atoms with Crippen molar-refractivity contribution in [1.82, 2.24) is 4.90 Å². The van der Waals surface area contributed by atoms with Crippen LogP contribution in [0.25, 0.3) is 11.5 Å². The topological polar surface area (TPSA) is 79.1 Å². The number of carbonyl (C=O) groups is 1. The molecular weight excluding hydrogens is 378 g/mol. The Morgan fingerprint density at radius 1 is 1.13 bits per heavy atom. The van der Waals surface area contributed by atoms with Crippen molar-refractivity contribution in [2.24, 2.45) is 0 Å². The minimum absolute atomic E-state index is 0.290. The molecule has 1 aliphatic carbocycles. The van der Waals surface area contributed by atoms with E-state index in [1.165, 1.54) is 16.0 Å². The van der Waals surface area contributed by atoms with Gasteiger partial charge in [-0.2, -0.15) is 5.26 Å². The van der Waals surface area contributed by atoms with Gasteiger partial charge in [0.1, 0.15) is 37.8 Å². The number of amides is 1. The number of likely N-dealkylation sites (tertiary alicyclic amines) is 1. The van der Waals surface area contributed by atoms with Gasteiger partial charge in [-0.3, -0.25) is 4.79 Å². The summed E-state index contributed by atoms with van der Waals surface area (Å²) in [5.41, 5.74) is 4.21. The van der Waals surface area contributed by atoms with Crippen LogP contribution in [0.1, 0.15) is 36.0 Å². The number of aromatic amines is 1. The number of furan rings is 1. The fourth-order valence-corrected chi connectivity index (χ4v) is 5.20. The van der Waals surface area contributed by atoms with Gasteiger partial charge in [0.05, 0.1) is 6.26 Å². The quantitative estimate of drug-likeness (QED) is 0.798. The van der Waals surface area contributed by atoms with Crippen LogP contribution in [0.4, 0.5) is 5.82 Å².